The fourth-order valence-electron chi connectivity index (χ4n) is 0.840. The number of aromatic nitrogens is 1. The molecule has 0 aromatic carbocycles. The highest BCUT2D eigenvalue weighted by atomic mass is 32.1. The van der Waals surface area contributed by atoms with Gasteiger partial charge in [-0.05, 0) is 20.8 Å². The largest absolute Gasteiger partial charge is 0.381 e. The maximum atomic E-state index is 12.8. The third-order valence-corrected chi connectivity index (χ3v) is 2.48. The van der Waals surface area contributed by atoms with Crippen molar-refractivity contribution >= 4 is 29.4 Å². The summed E-state index contributed by atoms with van der Waals surface area (Å²) in [6.07, 6.45) is 0.503. The number of aldehydes is 1. The van der Waals surface area contributed by atoms with Gasteiger partial charge in [0, 0.05) is 5.38 Å². The van der Waals surface area contributed by atoms with Crippen molar-refractivity contribution in [3.05, 3.63) is 16.1 Å². The smallest absolute Gasteiger partial charge is 0.356 e. The van der Waals surface area contributed by atoms with E-state index in [9.17, 15) is 14.0 Å². The number of carbonyl (C=O) groups excluding carboxylic acids is 2. The second-order valence-electron chi connectivity index (χ2n) is 3.78. The zero-order chi connectivity index (χ0) is 13.1. The Hall–Kier alpha value is -1.63. The Morgan fingerprint density at radius 3 is 2.71 bits per heavy atom. The van der Waals surface area contributed by atoms with E-state index < -0.39 is 17.3 Å². The van der Waals surface area contributed by atoms with Crippen molar-refractivity contribution in [2.45, 2.75) is 26.4 Å². The van der Waals surface area contributed by atoms with Crippen molar-refractivity contribution in [1.29, 1.82) is 0 Å². The predicted molar refractivity (Wildman–Crippen MR) is 60.7 cm³/mol. The molecule has 0 unspecified atom stereocenters. The van der Waals surface area contributed by atoms with Crippen LogP contribution in [0.15, 0.2) is 10.5 Å². The van der Waals surface area contributed by atoms with E-state index in [1.165, 1.54) is 30.6 Å². The minimum absolute atomic E-state index is 0.0988. The van der Waals surface area contributed by atoms with Gasteiger partial charge in [0.25, 0.3) is 0 Å². The van der Waals surface area contributed by atoms with Gasteiger partial charge in [-0.1, -0.05) is 5.16 Å². The first kappa shape index (κ1) is 13.4. The van der Waals surface area contributed by atoms with Gasteiger partial charge < -0.3 is 4.84 Å². The molecule has 5 nitrogen and oxygen atoms in total. The number of halogens is 1. The molecular weight excluding hydrogens is 247 g/mol. The molecule has 1 aromatic heterocycles. The standard InChI is InChI=1S/C10H11FN2O3S/c1-6-12-7(4-17-6)8(9(11)15)13-16-10(2,3)5-14/h4-5H,1-3H3/b13-8-. The maximum Gasteiger partial charge on any atom is 0.356 e. The van der Waals surface area contributed by atoms with Crippen LogP contribution in [0, 0.1) is 6.92 Å². The molecule has 17 heavy (non-hydrogen) atoms. The molecule has 0 saturated carbocycles. The topological polar surface area (TPSA) is 68.6 Å². The number of nitrogens with zero attached hydrogens (tertiary/aromatic N) is 2. The predicted octanol–water partition coefficient (Wildman–Crippen LogP) is 1.65. The molecule has 0 aliphatic rings. The molecule has 0 bridgehead atoms. The van der Waals surface area contributed by atoms with E-state index >= 15 is 0 Å². The van der Waals surface area contributed by atoms with Crippen molar-refractivity contribution in [3.8, 4) is 0 Å². The van der Waals surface area contributed by atoms with Crippen molar-refractivity contribution in [3.63, 3.8) is 0 Å². The molecule has 1 heterocycles. The van der Waals surface area contributed by atoms with Crippen LogP contribution in [0.25, 0.3) is 0 Å². The molecular formula is C10H11FN2O3S. The van der Waals surface area contributed by atoms with Gasteiger partial charge in [0.15, 0.2) is 11.9 Å². The lowest BCUT2D eigenvalue weighted by atomic mass is 10.2. The number of thiazole rings is 1. The Morgan fingerprint density at radius 2 is 2.29 bits per heavy atom. The van der Waals surface area contributed by atoms with Gasteiger partial charge in [-0.25, -0.2) is 4.98 Å². The average molecular weight is 258 g/mol. The molecule has 0 amide bonds. The van der Waals surface area contributed by atoms with Crippen LogP contribution in [0.2, 0.25) is 0 Å². The normalized spacial score (nSPS) is 12.4. The van der Waals surface area contributed by atoms with E-state index in [1.807, 2.05) is 0 Å². The van der Waals surface area contributed by atoms with Gasteiger partial charge in [-0.2, -0.15) is 4.39 Å². The highest BCUT2D eigenvalue weighted by molar-refractivity contribution is 7.09. The monoisotopic (exact) mass is 258 g/mol. The lowest BCUT2D eigenvalue weighted by Gasteiger charge is -2.13. The molecule has 92 valence electrons. The van der Waals surface area contributed by atoms with Crippen LogP contribution in [0.3, 0.4) is 0 Å². The molecule has 7 heteroatoms. The Kier molecular flexibility index (Phi) is 4.06. The Labute approximate surface area is 101 Å². The highest BCUT2D eigenvalue weighted by Crippen LogP contribution is 2.12. The fraction of sp³-hybridized carbons (Fsp3) is 0.400. The summed E-state index contributed by atoms with van der Waals surface area (Å²) in [5.41, 5.74) is -1.66. The molecule has 0 aliphatic carbocycles. The number of rotatable bonds is 5. The summed E-state index contributed by atoms with van der Waals surface area (Å²) in [5, 5.41) is 5.51. The maximum absolute atomic E-state index is 12.8. The Bertz CT molecular complexity index is 468. The lowest BCUT2D eigenvalue weighted by Crippen LogP contribution is -2.25. The number of aryl methyl sites for hydroxylation is 1. The van der Waals surface area contributed by atoms with Gasteiger partial charge in [0.05, 0.1) is 5.01 Å². The first-order valence-corrected chi connectivity index (χ1v) is 5.58. The van der Waals surface area contributed by atoms with Crippen LogP contribution in [0.5, 0.6) is 0 Å². The summed E-state index contributed by atoms with van der Waals surface area (Å²) < 4.78 is 12.8. The molecule has 0 aliphatic heterocycles. The van der Waals surface area contributed by atoms with Crippen LogP contribution in [0.1, 0.15) is 24.5 Å². The van der Waals surface area contributed by atoms with Crippen molar-refractivity contribution < 1.29 is 18.8 Å². The van der Waals surface area contributed by atoms with E-state index in [4.69, 9.17) is 4.84 Å². The van der Waals surface area contributed by atoms with Crippen molar-refractivity contribution in [2.75, 3.05) is 0 Å². The van der Waals surface area contributed by atoms with E-state index in [2.05, 4.69) is 10.1 Å². The SMILES string of the molecule is Cc1nc(/C(=N/OC(C)(C)C=O)C(=O)F)cs1. The third kappa shape index (κ3) is 3.70. The van der Waals surface area contributed by atoms with Crippen LogP contribution in [-0.2, 0) is 14.4 Å². The van der Waals surface area contributed by atoms with Crippen LogP contribution < -0.4 is 0 Å². The van der Waals surface area contributed by atoms with E-state index in [-0.39, 0.29) is 5.69 Å². The fourth-order valence-corrected chi connectivity index (χ4v) is 1.44. The molecule has 0 radical (unpaired) electrons. The van der Waals surface area contributed by atoms with E-state index in [0.717, 1.165) is 0 Å². The van der Waals surface area contributed by atoms with E-state index in [1.54, 1.807) is 6.92 Å². The number of carbonyl (C=O) groups is 2. The third-order valence-electron chi connectivity index (χ3n) is 1.70. The summed E-state index contributed by atoms with van der Waals surface area (Å²) in [7, 11) is 0. The summed E-state index contributed by atoms with van der Waals surface area (Å²) in [5.74, 6) is 0. The molecule has 1 rings (SSSR count). The Morgan fingerprint density at radius 1 is 1.65 bits per heavy atom. The van der Waals surface area contributed by atoms with Crippen LogP contribution in [0.4, 0.5) is 4.39 Å². The first-order chi connectivity index (χ1) is 7.85. The molecule has 0 atom stereocenters. The number of oxime groups is 1. The zero-order valence-electron chi connectivity index (χ0n) is 9.56. The Balaban J connectivity index is 2.98. The second-order valence-corrected chi connectivity index (χ2v) is 4.84. The minimum atomic E-state index is -1.75. The quantitative estimate of drug-likeness (QED) is 0.348. The first-order valence-electron chi connectivity index (χ1n) is 4.70. The molecule has 0 fully saturated rings. The number of hydrogen-bond acceptors (Lipinski definition) is 6. The van der Waals surface area contributed by atoms with Gasteiger partial charge in [-0.15, -0.1) is 11.3 Å². The van der Waals surface area contributed by atoms with Crippen molar-refractivity contribution in [1.82, 2.24) is 4.98 Å². The molecule has 0 spiro atoms. The summed E-state index contributed by atoms with van der Waals surface area (Å²) in [6.45, 7) is 4.59. The molecule has 1 aromatic rings. The number of hydrogen-bond donors (Lipinski definition) is 0. The van der Waals surface area contributed by atoms with Gasteiger partial charge in [-0.3, -0.25) is 9.59 Å². The van der Waals surface area contributed by atoms with Gasteiger partial charge >= 0.3 is 6.04 Å². The second kappa shape index (κ2) is 5.13. The molecule has 0 N–H and O–H groups in total. The van der Waals surface area contributed by atoms with E-state index in [0.29, 0.717) is 11.3 Å². The van der Waals surface area contributed by atoms with Gasteiger partial charge in [0.1, 0.15) is 5.69 Å². The summed E-state index contributed by atoms with van der Waals surface area (Å²) in [4.78, 5) is 30.0. The van der Waals surface area contributed by atoms with Gasteiger partial charge in [0.2, 0.25) is 5.71 Å². The zero-order valence-corrected chi connectivity index (χ0v) is 10.4. The van der Waals surface area contributed by atoms with Crippen LogP contribution >= 0.6 is 11.3 Å². The summed E-state index contributed by atoms with van der Waals surface area (Å²) in [6, 6.07) is -1.75. The highest BCUT2D eigenvalue weighted by Gasteiger charge is 2.22. The molecule has 0 saturated heterocycles. The van der Waals surface area contributed by atoms with Crippen molar-refractivity contribution in [2.24, 2.45) is 5.16 Å². The van der Waals surface area contributed by atoms with Crippen LogP contribution in [-0.4, -0.2) is 28.6 Å². The lowest BCUT2D eigenvalue weighted by molar-refractivity contribution is -0.128. The average Bonchev–Trinajstić information content (AvgIpc) is 2.64. The summed E-state index contributed by atoms with van der Waals surface area (Å²) >= 11 is 1.25. The minimum Gasteiger partial charge on any atom is -0.381 e.